The lowest BCUT2D eigenvalue weighted by atomic mass is 11.1. The first-order valence-corrected chi connectivity index (χ1v) is 2.80. The monoisotopic (exact) mass is 128 g/mol. The van der Waals surface area contributed by atoms with E-state index in [1.165, 1.54) is 12.7 Å². The van der Waals surface area contributed by atoms with Gasteiger partial charge in [-0.2, -0.15) is 0 Å². The molecular formula is C3H4N4S. The molecule has 0 bridgehead atoms. The highest BCUT2D eigenvalue weighted by molar-refractivity contribution is 7.96. The molecule has 0 amide bonds. The summed E-state index contributed by atoms with van der Waals surface area (Å²) in [5.74, 6) is 0. The molecule has 4 nitrogen and oxygen atoms in total. The van der Waals surface area contributed by atoms with Crippen molar-refractivity contribution < 1.29 is 0 Å². The number of aromatic nitrogens is 3. The molecule has 0 saturated carbocycles. The van der Waals surface area contributed by atoms with E-state index in [4.69, 9.17) is 5.14 Å². The van der Waals surface area contributed by atoms with Gasteiger partial charge < -0.3 is 0 Å². The molecule has 0 saturated heterocycles. The van der Waals surface area contributed by atoms with E-state index < -0.39 is 0 Å². The van der Waals surface area contributed by atoms with Gasteiger partial charge in [0.25, 0.3) is 0 Å². The highest BCUT2D eigenvalue weighted by atomic mass is 32.2. The minimum absolute atomic E-state index is 0.542. The lowest BCUT2D eigenvalue weighted by Crippen LogP contribution is -1.88. The number of hydrogen-bond acceptors (Lipinski definition) is 5. The van der Waals surface area contributed by atoms with E-state index in [9.17, 15) is 0 Å². The van der Waals surface area contributed by atoms with Gasteiger partial charge in [0, 0.05) is 0 Å². The Balaban J connectivity index is 2.83. The third kappa shape index (κ3) is 1.14. The normalized spacial score (nSPS) is 9.12. The second-order valence-electron chi connectivity index (χ2n) is 1.04. The zero-order chi connectivity index (χ0) is 5.82. The van der Waals surface area contributed by atoms with Gasteiger partial charge in [-0.3, -0.25) is 5.14 Å². The first-order valence-electron chi connectivity index (χ1n) is 1.92. The maximum absolute atomic E-state index is 5.11. The fourth-order valence-corrected chi connectivity index (χ4v) is 0.505. The van der Waals surface area contributed by atoms with E-state index >= 15 is 0 Å². The molecule has 1 aromatic rings. The standard InChI is InChI=1S/C3H4N4S/c4-8-3-6-1-5-2-7-3/h1-2H,4H2. The van der Waals surface area contributed by atoms with Gasteiger partial charge in [0.2, 0.25) is 5.16 Å². The first-order chi connectivity index (χ1) is 3.93. The molecule has 0 aliphatic carbocycles. The number of nitrogens with two attached hydrogens (primary N) is 1. The summed E-state index contributed by atoms with van der Waals surface area (Å²) in [7, 11) is 0. The summed E-state index contributed by atoms with van der Waals surface area (Å²) in [6.45, 7) is 0. The van der Waals surface area contributed by atoms with E-state index in [-0.39, 0.29) is 0 Å². The van der Waals surface area contributed by atoms with Crippen molar-refractivity contribution in [3.8, 4) is 0 Å². The van der Waals surface area contributed by atoms with Crippen molar-refractivity contribution in [2.24, 2.45) is 5.14 Å². The quantitative estimate of drug-likeness (QED) is 0.532. The number of nitrogens with zero attached hydrogens (tertiary/aromatic N) is 3. The first kappa shape index (κ1) is 5.46. The fraction of sp³-hybridized carbons (Fsp3) is 0. The van der Waals surface area contributed by atoms with Crippen LogP contribution < -0.4 is 5.14 Å². The van der Waals surface area contributed by atoms with E-state index in [0.29, 0.717) is 5.16 Å². The summed E-state index contributed by atoms with van der Waals surface area (Å²) < 4.78 is 0. The predicted molar refractivity (Wildman–Crippen MR) is 29.9 cm³/mol. The molecule has 0 fully saturated rings. The maximum atomic E-state index is 5.11. The summed E-state index contributed by atoms with van der Waals surface area (Å²) in [5, 5.41) is 5.66. The second kappa shape index (κ2) is 2.58. The molecular weight excluding hydrogens is 124 g/mol. The molecule has 0 aliphatic rings. The van der Waals surface area contributed by atoms with Gasteiger partial charge >= 0.3 is 0 Å². The van der Waals surface area contributed by atoms with Crippen LogP contribution in [0.25, 0.3) is 0 Å². The zero-order valence-corrected chi connectivity index (χ0v) is 4.80. The van der Waals surface area contributed by atoms with Crippen LogP contribution in [0.5, 0.6) is 0 Å². The van der Waals surface area contributed by atoms with Crippen LogP contribution in [-0.2, 0) is 0 Å². The van der Waals surface area contributed by atoms with E-state index in [1.54, 1.807) is 0 Å². The van der Waals surface area contributed by atoms with Crippen molar-refractivity contribution in [2.45, 2.75) is 5.16 Å². The molecule has 1 heterocycles. The topological polar surface area (TPSA) is 64.7 Å². The molecule has 1 aromatic heterocycles. The van der Waals surface area contributed by atoms with E-state index in [0.717, 1.165) is 11.9 Å². The Morgan fingerprint density at radius 2 is 2.00 bits per heavy atom. The van der Waals surface area contributed by atoms with Gasteiger partial charge in [0.1, 0.15) is 12.7 Å². The van der Waals surface area contributed by atoms with Crippen molar-refractivity contribution in [3.05, 3.63) is 12.7 Å². The van der Waals surface area contributed by atoms with Gasteiger partial charge in [-0.15, -0.1) is 0 Å². The van der Waals surface area contributed by atoms with Crippen molar-refractivity contribution in [3.63, 3.8) is 0 Å². The number of hydrogen-bond donors (Lipinski definition) is 1. The fourth-order valence-electron chi connectivity index (χ4n) is 0.289. The Bertz CT molecular complexity index is 153. The van der Waals surface area contributed by atoms with Crippen LogP contribution in [0.2, 0.25) is 0 Å². The highest BCUT2D eigenvalue weighted by Crippen LogP contribution is 1.97. The molecule has 0 aromatic carbocycles. The maximum Gasteiger partial charge on any atom is 0.205 e. The van der Waals surface area contributed by atoms with Crippen LogP contribution >= 0.6 is 11.9 Å². The predicted octanol–water partition coefficient (Wildman–Crippen LogP) is -0.163. The van der Waals surface area contributed by atoms with Crippen LogP contribution in [-0.4, -0.2) is 15.0 Å². The molecule has 0 atom stereocenters. The summed E-state index contributed by atoms with van der Waals surface area (Å²) >= 11 is 1.01. The van der Waals surface area contributed by atoms with Crippen LogP contribution in [0.3, 0.4) is 0 Å². The van der Waals surface area contributed by atoms with Gasteiger partial charge in [0.05, 0.1) is 0 Å². The molecule has 2 N–H and O–H groups in total. The highest BCUT2D eigenvalue weighted by Gasteiger charge is 1.85. The average Bonchev–Trinajstić information content (AvgIpc) is 1.90. The second-order valence-corrected chi connectivity index (χ2v) is 1.64. The molecule has 8 heavy (non-hydrogen) atoms. The Labute approximate surface area is 50.7 Å². The van der Waals surface area contributed by atoms with Crippen LogP contribution in [0.15, 0.2) is 17.8 Å². The van der Waals surface area contributed by atoms with Crippen molar-refractivity contribution >= 4 is 11.9 Å². The van der Waals surface area contributed by atoms with Crippen molar-refractivity contribution in [1.82, 2.24) is 15.0 Å². The Morgan fingerprint density at radius 3 is 2.38 bits per heavy atom. The summed E-state index contributed by atoms with van der Waals surface area (Å²) in [6, 6.07) is 0. The molecule has 42 valence electrons. The van der Waals surface area contributed by atoms with E-state index in [2.05, 4.69) is 15.0 Å². The smallest absolute Gasteiger partial charge is 0.205 e. The van der Waals surface area contributed by atoms with E-state index in [1.807, 2.05) is 0 Å². The van der Waals surface area contributed by atoms with Crippen molar-refractivity contribution in [2.75, 3.05) is 0 Å². The molecule has 5 heteroatoms. The van der Waals surface area contributed by atoms with Gasteiger partial charge in [-0.25, -0.2) is 15.0 Å². The van der Waals surface area contributed by atoms with Gasteiger partial charge in [-0.05, 0) is 11.9 Å². The van der Waals surface area contributed by atoms with Crippen LogP contribution in [0, 0.1) is 0 Å². The molecule has 0 spiro atoms. The minimum atomic E-state index is 0.542. The van der Waals surface area contributed by atoms with Crippen LogP contribution in [0.1, 0.15) is 0 Å². The largest absolute Gasteiger partial charge is 0.271 e. The molecule has 0 radical (unpaired) electrons. The average molecular weight is 128 g/mol. The van der Waals surface area contributed by atoms with Gasteiger partial charge in [-0.1, -0.05) is 0 Å². The summed E-state index contributed by atoms with van der Waals surface area (Å²) in [6.07, 6.45) is 2.81. The van der Waals surface area contributed by atoms with Crippen molar-refractivity contribution in [1.29, 1.82) is 0 Å². The Morgan fingerprint density at radius 1 is 1.38 bits per heavy atom. The minimum Gasteiger partial charge on any atom is -0.271 e. The Kier molecular flexibility index (Phi) is 1.76. The zero-order valence-electron chi connectivity index (χ0n) is 3.98. The summed E-state index contributed by atoms with van der Waals surface area (Å²) in [4.78, 5) is 11.0. The molecule has 0 unspecified atom stereocenters. The summed E-state index contributed by atoms with van der Waals surface area (Å²) in [5.41, 5.74) is 0. The SMILES string of the molecule is NSc1ncncn1. The third-order valence-corrected chi connectivity index (χ3v) is 0.997. The molecule has 1 rings (SSSR count). The third-order valence-electron chi connectivity index (χ3n) is 0.575. The number of rotatable bonds is 1. The Hall–Kier alpha value is -0.680. The lowest BCUT2D eigenvalue weighted by Gasteiger charge is -1.86. The van der Waals surface area contributed by atoms with Gasteiger partial charge in [0.15, 0.2) is 0 Å². The molecule has 0 aliphatic heterocycles. The lowest BCUT2D eigenvalue weighted by molar-refractivity contribution is 0.903. The van der Waals surface area contributed by atoms with Crippen LogP contribution in [0.4, 0.5) is 0 Å².